The summed E-state index contributed by atoms with van der Waals surface area (Å²) in [4.78, 5) is 14.9. The van der Waals surface area contributed by atoms with Crippen LogP contribution in [0.5, 0.6) is 0 Å². The third kappa shape index (κ3) is 3.49. The minimum absolute atomic E-state index is 0.188. The largest absolute Gasteiger partial charge is 0.481 e. The van der Waals surface area contributed by atoms with Gasteiger partial charge in [0.15, 0.2) is 0 Å². The molecule has 0 aliphatic carbocycles. The maximum Gasteiger partial charge on any atom is 0.304 e. The zero-order valence-corrected chi connectivity index (χ0v) is 11.7. The Morgan fingerprint density at radius 2 is 2.05 bits per heavy atom. The SMILES string of the molecule is Cc1ccc(N2CCN(CCC(=O)O)CC2)c(C#N)c1. The zero-order valence-electron chi connectivity index (χ0n) is 11.7. The molecule has 1 heterocycles. The lowest BCUT2D eigenvalue weighted by molar-refractivity contribution is -0.137. The fourth-order valence-corrected chi connectivity index (χ4v) is 2.48. The van der Waals surface area contributed by atoms with Crippen molar-refractivity contribution in [3.05, 3.63) is 29.3 Å². The maximum absolute atomic E-state index is 10.6. The van der Waals surface area contributed by atoms with E-state index >= 15 is 0 Å². The summed E-state index contributed by atoms with van der Waals surface area (Å²) in [6.45, 7) is 5.92. The number of nitriles is 1. The van der Waals surface area contributed by atoms with Crippen molar-refractivity contribution in [1.29, 1.82) is 5.26 Å². The number of nitrogens with zero attached hydrogens (tertiary/aromatic N) is 3. The first-order chi connectivity index (χ1) is 9.60. The molecule has 0 radical (unpaired) electrons. The Labute approximate surface area is 119 Å². The Kier molecular flexibility index (Phi) is 4.59. The van der Waals surface area contributed by atoms with Crippen LogP contribution < -0.4 is 4.90 Å². The summed E-state index contributed by atoms with van der Waals surface area (Å²) in [5.74, 6) is -0.752. The van der Waals surface area contributed by atoms with E-state index in [0.29, 0.717) is 12.1 Å². The lowest BCUT2D eigenvalue weighted by Crippen LogP contribution is -2.47. The highest BCUT2D eigenvalue weighted by atomic mass is 16.4. The Bertz CT molecular complexity index is 528. The number of carboxylic acids is 1. The van der Waals surface area contributed by atoms with Crippen molar-refractivity contribution in [2.24, 2.45) is 0 Å². The normalized spacial score (nSPS) is 15.9. The number of benzene rings is 1. The van der Waals surface area contributed by atoms with Crippen molar-refractivity contribution in [1.82, 2.24) is 4.90 Å². The molecule has 5 nitrogen and oxygen atoms in total. The molecule has 1 aliphatic heterocycles. The molecule has 106 valence electrons. The zero-order chi connectivity index (χ0) is 14.5. The van der Waals surface area contributed by atoms with Crippen LogP contribution in [0.3, 0.4) is 0 Å². The molecule has 0 bridgehead atoms. The van der Waals surface area contributed by atoms with E-state index in [1.165, 1.54) is 0 Å². The van der Waals surface area contributed by atoms with Crippen LogP contribution in [0.1, 0.15) is 17.5 Å². The van der Waals surface area contributed by atoms with Gasteiger partial charge in [-0.2, -0.15) is 5.26 Å². The van der Waals surface area contributed by atoms with Crippen molar-refractivity contribution in [3.8, 4) is 6.07 Å². The molecule has 1 saturated heterocycles. The van der Waals surface area contributed by atoms with Crippen molar-refractivity contribution >= 4 is 11.7 Å². The van der Waals surface area contributed by atoms with Gasteiger partial charge in [0.25, 0.3) is 0 Å². The van der Waals surface area contributed by atoms with E-state index in [9.17, 15) is 10.1 Å². The summed E-state index contributed by atoms with van der Waals surface area (Å²) >= 11 is 0. The predicted molar refractivity (Wildman–Crippen MR) is 76.8 cm³/mol. The summed E-state index contributed by atoms with van der Waals surface area (Å²) in [6, 6.07) is 8.18. The second-order valence-corrected chi connectivity index (χ2v) is 5.10. The van der Waals surface area contributed by atoms with Gasteiger partial charge in [-0.15, -0.1) is 0 Å². The van der Waals surface area contributed by atoms with Crippen LogP contribution in [-0.2, 0) is 4.79 Å². The summed E-state index contributed by atoms with van der Waals surface area (Å²) in [5.41, 5.74) is 2.78. The molecule has 0 spiro atoms. The average molecular weight is 273 g/mol. The number of carboxylic acid groups (broad SMARTS) is 1. The molecule has 0 unspecified atom stereocenters. The number of aliphatic carboxylic acids is 1. The molecule has 1 fully saturated rings. The molecule has 1 aromatic rings. The molecule has 0 amide bonds. The average Bonchev–Trinajstić information content (AvgIpc) is 2.45. The second kappa shape index (κ2) is 6.40. The fourth-order valence-electron chi connectivity index (χ4n) is 2.48. The van der Waals surface area contributed by atoms with Crippen molar-refractivity contribution in [2.75, 3.05) is 37.6 Å². The molecule has 1 aliphatic rings. The maximum atomic E-state index is 10.6. The summed E-state index contributed by atoms with van der Waals surface area (Å²) < 4.78 is 0. The number of anilines is 1. The minimum Gasteiger partial charge on any atom is -0.481 e. The van der Waals surface area contributed by atoms with E-state index in [0.717, 1.165) is 37.4 Å². The van der Waals surface area contributed by atoms with Crippen molar-refractivity contribution in [2.45, 2.75) is 13.3 Å². The number of piperazine rings is 1. The molecule has 0 aromatic heterocycles. The van der Waals surface area contributed by atoms with Crippen LogP contribution in [0, 0.1) is 18.3 Å². The van der Waals surface area contributed by atoms with E-state index in [1.807, 2.05) is 25.1 Å². The van der Waals surface area contributed by atoms with Gasteiger partial charge in [0.05, 0.1) is 17.7 Å². The Morgan fingerprint density at radius 3 is 2.65 bits per heavy atom. The second-order valence-electron chi connectivity index (χ2n) is 5.10. The van der Waals surface area contributed by atoms with Gasteiger partial charge in [0.2, 0.25) is 0 Å². The van der Waals surface area contributed by atoms with Crippen LogP contribution in [-0.4, -0.2) is 48.7 Å². The van der Waals surface area contributed by atoms with Crippen molar-refractivity contribution < 1.29 is 9.90 Å². The molecular weight excluding hydrogens is 254 g/mol. The van der Waals surface area contributed by atoms with E-state index in [-0.39, 0.29) is 6.42 Å². The van der Waals surface area contributed by atoms with Gasteiger partial charge in [-0.05, 0) is 24.6 Å². The summed E-state index contributed by atoms with van der Waals surface area (Å²) in [7, 11) is 0. The molecule has 20 heavy (non-hydrogen) atoms. The first kappa shape index (κ1) is 14.4. The quantitative estimate of drug-likeness (QED) is 0.899. The van der Waals surface area contributed by atoms with Gasteiger partial charge in [-0.3, -0.25) is 9.69 Å². The monoisotopic (exact) mass is 273 g/mol. The van der Waals surface area contributed by atoms with Gasteiger partial charge < -0.3 is 10.0 Å². The predicted octanol–water partition coefficient (Wildman–Crippen LogP) is 1.46. The van der Waals surface area contributed by atoms with Crippen LogP contribution in [0.4, 0.5) is 5.69 Å². The number of rotatable bonds is 4. The lowest BCUT2D eigenvalue weighted by Gasteiger charge is -2.36. The highest BCUT2D eigenvalue weighted by Crippen LogP contribution is 2.22. The van der Waals surface area contributed by atoms with Gasteiger partial charge >= 0.3 is 5.97 Å². The molecule has 2 rings (SSSR count). The van der Waals surface area contributed by atoms with E-state index < -0.39 is 5.97 Å². The van der Waals surface area contributed by atoms with Gasteiger partial charge in [-0.25, -0.2) is 0 Å². The standard InChI is InChI=1S/C15H19N3O2/c1-12-2-3-14(13(10-12)11-16)18-8-6-17(7-9-18)5-4-15(19)20/h2-3,10H,4-9H2,1H3,(H,19,20). The van der Waals surface area contributed by atoms with Crippen LogP contribution in [0.25, 0.3) is 0 Å². The van der Waals surface area contributed by atoms with E-state index in [4.69, 9.17) is 5.11 Å². The van der Waals surface area contributed by atoms with Crippen LogP contribution in [0.15, 0.2) is 18.2 Å². The molecule has 0 atom stereocenters. The number of carbonyl (C=O) groups is 1. The first-order valence-corrected chi connectivity index (χ1v) is 6.80. The third-order valence-electron chi connectivity index (χ3n) is 3.63. The summed E-state index contributed by atoms with van der Waals surface area (Å²) in [5, 5.41) is 17.9. The fraction of sp³-hybridized carbons (Fsp3) is 0.467. The Morgan fingerprint density at radius 1 is 1.35 bits per heavy atom. The van der Waals surface area contributed by atoms with Crippen LogP contribution in [0.2, 0.25) is 0 Å². The molecule has 1 N–H and O–H groups in total. The summed E-state index contributed by atoms with van der Waals surface area (Å²) in [6.07, 6.45) is 0.188. The van der Waals surface area contributed by atoms with Crippen molar-refractivity contribution in [3.63, 3.8) is 0 Å². The minimum atomic E-state index is -0.752. The highest BCUT2D eigenvalue weighted by Gasteiger charge is 2.19. The number of aryl methyl sites for hydroxylation is 1. The smallest absolute Gasteiger partial charge is 0.304 e. The lowest BCUT2D eigenvalue weighted by atomic mass is 10.1. The van der Waals surface area contributed by atoms with E-state index in [2.05, 4.69) is 15.9 Å². The third-order valence-corrected chi connectivity index (χ3v) is 3.63. The Hall–Kier alpha value is -2.06. The highest BCUT2D eigenvalue weighted by molar-refractivity contribution is 5.66. The Balaban J connectivity index is 1.97. The molecular formula is C15H19N3O2. The van der Waals surface area contributed by atoms with Gasteiger partial charge in [-0.1, -0.05) is 6.07 Å². The molecule has 5 heteroatoms. The first-order valence-electron chi connectivity index (χ1n) is 6.80. The number of hydrogen-bond acceptors (Lipinski definition) is 4. The van der Waals surface area contributed by atoms with Gasteiger partial charge in [0.1, 0.15) is 6.07 Å². The number of hydrogen-bond donors (Lipinski definition) is 1. The topological polar surface area (TPSA) is 67.6 Å². The molecule has 0 saturated carbocycles. The van der Waals surface area contributed by atoms with E-state index in [1.54, 1.807) is 0 Å². The molecule has 1 aromatic carbocycles. The van der Waals surface area contributed by atoms with Crippen LogP contribution >= 0.6 is 0 Å². The van der Waals surface area contributed by atoms with Gasteiger partial charge in [0, 0.05) is 32.7 Å².